The van der Waals surface area contributed by atoms with E-state index in [0.29, 0.717) is 10.6 Å². The minimum Gasteiger partial charge on any atom is -0.492 e. The SMILES string of the molecule is CN(CCOc1ccc(F)cc1)S(=O)(=O)c1ccc2c(c1)CCC2. The minimum absolute atomic E-state index is 0.201. The van der Waals surface area contributed by atoms with Crippen molar-refractivity contribution in [2.24, 2.45) is 0 Å². The van der Waals surface area contributed by atoms with Crippen LogP contribution in [0.2, 0.25) is 0 Å². The van der Waals surface area contributed by atoms with Crippen LogP contribution in [0.5, 0.6) is 5.75 Å². The number of fused-ring (bicyclic) bond motifs is 1. The van der Waals surface area contributed by atoms with Crippen LogP contribution in [0.3, 0.4) is 0 Å². The van der Waals surface area contributed by atoms with Crippen molar-refractivity contribution in [2.75, 3.05) is 20.2 Å². The lowest BCUT2D eigenvalue weighted by atomic mass is 10.1. The van der Waals surface area contributed by atoms with E-state index in [2.05, 4.69) is 0 Å². The molecule has 4 nitrogen and oxygen atoms in total. The monoisotopic (exact) mass is 349 g/mol. The molecule has 0 saturated carbocycles. The Morgan fingerprint density at radius 1 is 1.08 bits per heavy atom. The number of sulfonamides is 1. The van der Waals surface area contributed by atoms with Gasteiger partial charge in [-0.1, -0.05) is 6.07 Å². The van der Waals surface area contributed by atoms with Crippen LogP contribution in [-0.2, 0) is 22.9 Å². The molecular weight excluding hydrogens is 329 g/mol. The average Bonchev–Trinajstić information content (AvgIpc) is 3.04. The summed E-state index contributed by atoms with van der Waals surface area (Å²) in [5.74, 6) is 0.179. The number of halogens is 1. The van der Waals surface area contributed by atoms with Gasteiger partial charge in [-0.3, -0.25) is 0 Å². The van der Waals surface area contributed by atoms with Crippen molar-refractivity contribution in [2.45, 2.75) is 24.2 Å². The second-order valence-corrected chi connectivity index (χ2v) is 7.96. The Morgan fingerprint density at radius 3 is 2.54 bits per heavy atom. The van der Waals surface area contributed by atoms with Crippen molar-refractivity contribution in [3.05, 3.63) is 59.4 Å². The average molecular weight is 349 g/mol. The highest BCUT2D eigenvalue weighted by Gasteiger charge is 2.22. The normalized spacial score (nSPS) is 14.0. The molecule has 0 heterocycles. The molecule has 0 aliphatic heterocycles. The van der Waals surface area contributed by atoms with E-state index < -0.39 is 10.0 Å². The van der Waals surface area contributed by atoms with E-state index in [9.17, 15) is 12.8 Å². The van der Waals surface area contributed by atoms with Crippen molar-refractivity contribution in [3.63, 3.8) is 0 Å². The highest BCUT2D eigenvalue weighted by atomic mass is 32.2. The summed E-state index contributed by atoms with van der Waals surface area (Å²) in [4.78, 5) is 0.326. The number of likely N-dealkylation sites (N-methyl/N-ethyl adjacent to an activating group) is 1. The Labute approximate surface area is 141 Å². The molecule has 0 fully saturated rings. The Hall–Kier alpha value is -1.92. The van der Waals surface area contributed by atoms with Crippen LogP contribution in [0.4, 0.5) is 4.39 Å². The summed E-state index contributed by atoms with van der Waals surface area (Å²) in [5.41, 5.74) is 2.38. The van der Waals surface area contributed by atoms with Gasteiger partial charge in [-0.05, 0) is 66.8 Å². The van der Waals surface area contributed by atoms with Crippen LogP contribution in [0.25, 0.3) is 0 Å². The van der Waals surface area contributed by atoms with Gasteiger partial charge in [0.1, 0.15) is 18.2 Å². The number of hydrogen-bond donors (Lipinski definition) is 0. The highest BCUT2D eigenvalue weighted by molar-refractivity contribution is 7.89. The standard InChI is InChI=1S/C18H20FNO3S/c1-20(11-12-23-17-8-6-16(19)7-9-17)24(21,22)18-10-5-14-3-2-4-15(14)13-18/h5-10,13H,2-4,11-12H2,1H3. The topological polar surface area (TPSA) is 46.6 Å². The van der Waals surface area contributed by atoms with Crippen LogP contribution in [-0.4, -0.2) is 32.9 Å². The number of benzene rings is 2. The van der Waals surface area contributed by atoms with Gasteiger partial charge in [0, 0.05) is 13.6 Å². The number of nitrogens with zero attached hydrogens (tertiary/aromatic N) is 1. The van der Waals surface area contributed by atoms with Gasteiger partial charge in [0.2, 0.25) is 10.0 Å². The Bertz CT molecular complexity index is 819. The fourth-order valence-electron chi connectivity index (χ4n) is 2.83. The Kier molecular flexibility index (Phi) is 4.87. The zero-order valence-electron chi connectivity index (χ0n) is 13.5. The molecule has 0 amide bonds. The van der Waals surface area contributed by atoms with Gasteiger partial charge >= 0.3 is 0 Å². The lowest BCUT2D eigenvalue weighted by Crippen LogP contribution is -2.31. The van der Waals surface area contributed by atoms with Crippen molar-refractivity contribution in [1.29, 1.82) is 0 Å². The molecule has 0 atom stereocenters. The predicted molar refractivity (Wildman–Crippen MR) is 90.2 cm³/mol. The molecule has 0 radical (unpaired) electrons. The summed E-state index contributed by atoms with van der Waals surface area (Å²) in [7, 11) is -1.99. The van der Waals surface area contributed by atoms with Gasteiger partial charge in [-0.2, -0.15) is 4.31 Å². The third kappa shape index (κ3) is 3.60. The van der Waals surface area contributed by atoms with Gasteiger partial charge in [0.05, 0.1) is 4.90 Å². The van der Waals surface area contributed by atoms with Gasteiger partial charge < -0.3 is 4.74 Å². The molecule has 0 unspecified atom stereocenters. The summed E-state index contributed by atoms with van der Waals surface area (Å²) in [5, 5.41) is 0. The number of hydrogen-bond acceptors (Lipinski definition) is 3. The van der Waals surface area contributed by atoms with Crippen LogP contribution in [0.15, 0.2) is 47.4 Å². The zero-order chi connectivity index (χ0) is 17.2. The minimum atomic E-state index is -3.53. The maximum atomic E-state index is 12.8. The lowest BCUT2D eigenvalue weighted by Gasteiger charge is -2.18. The molecular formula is C18H20FNO3S. The van der Waals surface area contributed by atoms with Gasteiger partial charge in [0.15, 0.2) is 0 Å². The molecule has 1 aliphatic rings. The van der Waals surface area contributed by atoms with Gasteiger partial charge in [-0.15, -0.1) is 0 Å². The molecule has 2 aromatic rings. The molecule has 128 valence electrons. The molecule has 6 heteroatoms. The number of ether oxygens (including phenoxy) is 1. The first-order valence-corrected chi connectivity index (χ1v) is 9.37. The summed E-state index contributed by atoms with van der Waals surface area (Å²) < 4.78 is 44.9. The third-order valence-electron chi connectivity index (χ3n) is 4.27. The van der Waals surface area contributed by atoms with E-state index in [1.807, 2.05) is 6.07 Å². The van der Waals surface area contributed by atoms with Crippen LogP contribution < -0.4 is 4.74 Å². The molecule has 2 aromatic carbocycles. The van der Waals surface area contributed by atoms with Crippen molar-refractivity contribution >= 4 is 10.0 Å². The molecule has 0 bridgehead atoms. The smallest absolute Gasteiger partial charge is 0.242 e. The first kappa shape index (κ1) is 16.9. The maximum Gasteiger partial charge on any atom is 0.242 e. The van der Waals surface area contributed by atoms with Crippen molar-refractivity contribution < 1.29 is 17.5 Å². The van der Waals surface area contributed by atoms with Crippen LogP contribution >= 0.6 is 0 Å². The quantitative estimate of drug-likeness (QED) is 0.805. The molecule has 3 rings (SSSR count). The van der Waals surface area contributed by atoms with E-state index in [1.165, 1.54) is 41.2 Å². The Balaban J connectivity index is 1.63. The van der Waals surface area contributed by atoms with Crippen LogP contribution in [0.1, 0.15) is 17.5 Å². The Morgan fingerprint density at radius 2 is 1.79 bits per heavy atom. The maximum absolute atomic E-state index is 12.8. The predicted octanol–water partition coefficient (Wildman–Crippen LogP) is 3.01. The molecule has 0 aromatic heterocycles. The second kappa shape index (κ2) is 6.91. The molecule has 0 saturated heterocycles. The van der Waals surface area contributed by atoms with E-state index in [4.69, 9.17) is 4.74 Å². The lowest BCUT2D eigenvalue weighted by molar-refractivity contribution is 0.286. The zero-order valence-corrected chi connectivity index (χ0v) is 14.4. The fraction of sp³-hybridized carbons (Fsp3) is 0.333. The summed E-state index contributed by atoms with van der Waals surface area (Å²) in [6, 6.07) is 11.0. The second-order valence-electron chi connectivity index (χ2n) is 5.91. The largest absolute Gasteiger partial charge is 0.492 e. The number of rotatable bonds is 6. The molecule has 0 spiro atoms. The molecule has 24 heavy (non-hydrogen) atoms. The summed E-state index contributed by atoms with van der Waals surface area (Å²) >= 11 is 0. The van der Waals surface area contributed by atoms with Crippen molar-refractivity contribution in [3.8, 4) is 5.75 Å². The molecule has 1 aliphatic carbocycles. The van der Waals surface area contributed by atoms with E-state index >= 15 is 0 Å². The first-order chi connectivity index (χ1) is 11.5. The van der Waals surface area contributed by atoms with Crippen molar-refractivity contribution in [1.82, 2.24) is 4.31 Å². The van der Waals surface area contributed by atoms with E-state index in [-0.39, 0.29) is 19.0 Å². The van der Waals surface area contributed by atoms with Gasteiger partial charge in [-0.25, -0.2) is 12.8 Å². The summed E-state index contributed by atoms with van der Waals surface area (Å²) in [6.45, 7) is 0.420. The molecule has 0 N–H and O–H groups in total. The number of aryl methyl sites for hydroxylation is 2. The van der Waals surface area contributed by atoms with E-state index in [0.717, 1.165) is 24.8 Å². The highest BCUT2D eigenvalue weighted by Crippen LogP contribution is 2.25. The third-order valence-corrected chi connectivity index (χ3v) is 6.12. The van der Waals surface area contributed by atoms with E-state index in [1.54, 1.807) is 12.1 Å². The van der Waals surface area contributed by atoms with Crippen LogP contribution in [0, 0.1) is 5.82 Å². The summed E-state index contributed by atoms with van der Waals surface area (Å²) in [6.07, 6.45) is 3.05. The fourth-order valence-corrected chi connectivity index (χ4v) is 4.04. The first-order valence-electron chi connectivity index (χ1n) is 7.93. The van der Waals surface area contributed by atoms with Gasteiger partial charge in [0.25, 0.3) is 0 Å².